The predicted octanol–water partition coefficient (Wildman–Crippen LogP) is 2.21. The van der Waals surface area contributed by atoms with Crippen molar-refractivity contribution < 1.29 is 13.6 Å². The number of benzene rings is 1. The van der Waals surface area contributed by atoms with E-state index in [1.165, 1.54) is 6.92 Å². The molecule has 1 amide bonds. The van der Waals surface area contributed by atoms with E-state index in [0.717, 1.165) is 18.7 Å². The van der Waals surface area contributed by atoms with Gasteiger partial charge in [-0.3, -0.25) is 4.79 Å². The molecule has 1 aromatic rings. The van der Waals surface area contributed by atoms with Crippen LogP contribution in [0.3, 0.4) is 0 Å². The van der Waals surface area contributed by atoms with E-state index in [9.17, 15) is 13.6 Å². The summed E-state index contributed by atoms with van der Waals surface area (Å²) in [4.78, 5) is 11.9. The summed E-state index contributed by atoms with van der Waals surface area (Å²) in [6.07, 6.45) is 0.711. The third-order valence-corrected chi connectivity index (χ3v) is 3.37. The van der Waals surface area contributed by atoms with Crippen molar-refractivity contribution in [2.24, 2.45) is 5.92 Å². The molecule has 2 rings (SSSR count). The predicted molar refractivity (Wildman–Crippen MR) is 65.3 cm³/mol. The van der Waals surface area contributed by atoms with Gasteiger partial charge in [-0.15, -0.1) is 0 Å². The van der Waals surface area contributed by atoms with Gasteiger partial charge in [0.15, 0.2) is 0 Å². The molecule has 1 aliphatic rings. The summed E-state index contributed by atoms with van der Waals surface area (Å²) in [7, 11) is 0. The number of carbonyl (C=O) groups is 1. The highest BCUT2D eigenvalue weighted by Crippen LogP contribution is 2.22. The lowest BCUT2D eigenvalue weighted by Crippen LogP contribution is -2.32. The lowest BCUT2D eigenvalue weighted by Gasteiger charge is -2.15. The number of carbonyl (C=O) groups excluding carboxylic acids is 1. The molecule has 18 heavy (non-hydrogen) atoms. The van der Waals surface area contributed by atoms with Gasteiger partial charge in [0.1, 0.15) is 11.6 Å². The number of hydrogen-bond acceptors (Lipinski definition) is 2. The summed E-state index contributed by atoms with van der Waals surface area (Å²) in [6, 6.07) is 2.17. The van der Waals surface area contributed by atoms with Gasteiger partial charge < -0.3 is 10.6 Å². The van der Waals surface area contributed by atoms with Crippen LogP contribution in [0.4, 0.5) is 14.5 Å². The monoisotopic (exact) mass is 254 g/mol. The Morgan fingerprint density at radius 1 is 1.39 bits per heavy atom. The van der Waals surface area contributed by atoms with Crippen molar-refractivity contribution >= 4 is 11.6 Å². The van der Waals surface area contributed by atoms with E-state index in [0.29, 0.717) is 6.42 Å². The SMILES string of the molecule is Cc1cc(F)c(NC(=O)C2CCNC2C)cc1F. The fourth-order valence-corrected chi connectivity index (χ4v) is 2.18. The molecule has 3 nitrogen and oxygen atoms in total. The first kappa shape index (κ1) is 13.0. The zero-order valence-corrected chi connectivity index (χ0v) is 10.4. The molecular formula is C13H16F2N2O. The second-order valence-electron chi connectivity index (χ2n) is 4.71. The van der Waals surface area contributed by atoms with Gasteiger partial charge in [0.2, 0.25) is 5.91 Å². The van der Waals surface area contributed by atoms with Crippen LogP contribution in [-0.4, -0.2) is 18.5 Å². The Kier molecular flexibility index (Phi) is 3.61. The van der Waals surface area contributed by atoms with Crippen LogP contribution >= 0.6 is 0 Å². The summed E-state index contributed by atoms with van der Waals surface area (Å²) in [5, 5.41) is 5.60. The van der Waals surface area contributed by atoms with Crippen LogP contribution in [0.1, 0.15) is 18.9 Å². The zero-order valence-electron chi connectivity index (χ0n) is 10.4. The fourth-order valence-electron chi connectivity index (χ4n) is 2.18. The number of amides is 1. The van der Waals surface area contributed by atoms with E-state index in [1.807, 2.05) is 6.92 Å². The van der Waals surface area contributed by atoms with E-state index in [2.05, 4.69) is 10.6 Å². The Morgan fingerprint density at radius 2 is 2.11 bits per heavy atom. The van der Waals surface area contributed by atoms with Crippen LogP contribution < -0.4 is 10.6 Å². The summed E-state index contributed by atoms with van der Waals surface area (Å²) >= 11 is 0. The van der Waals surface area contributed by atoms with Crippen LogP contribution in [-0.2, 0) is 4.79 Å². The van der Waals surface area contributed by atoms with Crippen molar-refractivity contribution in [3.05, 3.63) is 29.3 Å². The second kappa shape index (κ2) is 5.02. The third kappa shape index (κ3) is 2.51. The van der Waals surface area contributed by atoms with Crippen molar-refractivity contribution in [3.63, 3.8) is 0 Å². The first-order chi connectivity index (χ1) is 8.49. The van der Waals surface area contributed by atoms with Crippen molar-refractivity contribution in [3.8, 4) is 0 Å². The number of halogens is 2. The van der Waals surface area contributed by atoms with Gasteiger partial charge in [-0.1, -0.05) is 0 Å². The van der Waals surface area contributed by atoms with Crippen molar-refractivity contribution in [2.45, 2.75) is 26.3 Å². The maximum absolute atomic E-state index is 13.6. The maximum atomic E-state index is 13.6. The molecule has 1 saturated heterocycles. The van der Waals surface area contributed by atoms with Gasteiger partial charge in [-0.2, -0.15) is 0 Å². The molecule has 0 spiro atoms. The normalized spacial score (nSPS) is 23.1. The minimum absolute atomic E-state index is 0.0587. The molecule has 98 valence electrons. The van der Waals surface area contributed by atoms with E-state index >= 15 is 0 Å². The first-order valence-electron chi connectivity index (χ1n) is 5.99. The van der Waals surface area contributed by atoms with Gasteiger partial charge in [-0.05, 0) is 38.4 Å². The lowest BCUT2D eigenvalue weighted by atomic mass is 10.0. The summed E-state index contributed by atoms with van der Waals surface area (Å²) in [5.41, 5.74) is 0.128. The largest absolute Gasteiger partial charge is 0.323 e. The van der Waals surface area contributed by atoms with Gasteiger partial charge in [0.25, 0.3) is 0 Å². The van der Waals surface area contributed by atoms with Gasteiger partial charge in [0.05, 0.1) is 11.6 Å². The van der Waals surface area contributed by atoms with Gasteiger partial charge in [-0.25, -0.2) is 8.78 Å². The first-order valence-corrected chi connectivity index (χ1v) is 5.99. The number of rotatable bonds is 2. The van der Waals surface area contributed by atoms with E-state index in [4.69, 9.17) is 0 Å². The van der Waals surface area contributed by atoms with Crippen LogP contribution in [0.15, 0.2) is 12.1 Å². The molecule has 0 radical (unpaired) electrons. The number of nitrogens with one attached hydrogen (secondary N) is 2. The highest BCUT2D eigenvalue weighted by molar-refractivity contribution is 5.93. The third-order valence-electron chi connectivity index (χ3n) is 3.37. The van der Waals surface area contributed by atoms with Crippen LogP contribution in [0, 0.1) is 24.5 Å². The molecule has 2 unspecified atom stereocenters. The van der Waals surface area contributed by atoms with Gasteiger partial charge >= 0.3 is 0 Å². The molecule has 0 saturated carbocycles. The minimum atomic E-state index is -0.610. The standard InChI is InChI=1S/C13H16F2N2O/c1-7-5-11(15)12(6-10(7)14)17-13(18)9-3-4-16-8(9)2/h5-6,8-9,16H,3-4H2,1-2H3,(H,17,18). The topological polar surface area (TPSA) is 41.1 Å². The van der Waals surface area contributed by atoms with E-state index in [-0.39, 0.29) is 29.1 Å². The Balaban J connectivity index is 2.14. The highest BCUT2D eigenvalue weighted by Gasteiger charge is 2.29. The molecule has 2 atom stereocenters. The van der Waals surface area contributed by atoms with E-state index < -0.39 is 11.6 Å². The quantitative estimate of drug-likeness (QED) is 0.849. The Morgan fingerprint density at radius 3 is 2.72 bits per heavy atom. The number of aryl methyl sites for hydroxylation is 1. The zero-order chi connectivity index (χ0) is 13.3. The summed E-state index contributed by atoms with van der Waals surface area (Å²) in [6.45, 7) is 4.15. The van der Waals surface area contributed by atoms with Crippen molar-refractivity contribution in [2.75, 3.05) is 11.9 Å². The molecule has 1 fully saturated rings. The Labute approximate surface area is 105 Å². The van der Waals surface area contributed by atoms with Crippen molar-refractivity contribution in [1.29, 1.82) is 0 Å². The number of anilines is 1. The second-order valence-corrected chi connectivity index (χ2v) is 4.71. The van der Waals surface area contributed by atoms with Gasteiger partial charge in [0, 0.05) is 12.1 Å². The summed E-state index contributed by atoms with van der Waals surface area (Å²) in [5.74, 6) is -1.60. The molecule has 0 bridgehead atoms. The average Bonchev–Trinajstić information content (AvgIpc) is 2.72. The fraction of sp³-hybridized carbons (Fsp3) is 0.462. The highest BCUT2D eigenvalue weighted by atomic mass is 19.1. The molecule has 2 N–H and O–H groups in total. The minimum Gasteiger partial charge on any atom is -0.323 e. The molecule has 0 aliphatic carbocycles. The molecule has 0 aromatic heterocycles. The summed E-state index contributed by atoms with van der Waals surface area (Å²) < 4.78 is 26.9. The van der Waals surface area contributed by atoms with Crippen LogP contribution in [0.25, 0.3) is 0 Å². The Hall–Kier alpha value is -1.49. The number of hydrogen-bond donors (Lipinski definition) is 2. The van der Waals surface area contributed by atoms with Crippen LogP contribution in [0.2, 0.25) is 0 Å². The molecule has 1 heterocycles. The maximum Gasteiger partial charge on any atom is 0.229 e. The average molecular weight is 254 g/mol. The van der Waals surface area contributed by atoms with Crippen molar-refractivity contribution in [1.82, 2.24) is 5.32 Å². The Bertz CT molecular complexity index is 476. The van der Waals surface area contributed by atoms with Crippen LogP contribution in [0.5, 0.6) is 0 Å². The smallest absolute Gasteiger partial charge is 0.229 e. The van der Waals surface area contributed by atoms with E-state index in [1.54, 1.807) is 0 Å². The molecular weight excluding hydrogens is 238 g/mol. The molecule has 1 aromatic carbocycles. The molecule has 5 heteroatoms. The lowest BCUT2D eigenvalue weighted by molar-refractivity contribution is -0.120. The molecule has 1 aliphatic heterocycles.